The molecule has 244 valence electrons. The fraction of sp³-hybridized carbons (Fsp3) is 0.306. The number of allylic oxidation sites excluding steroid dienone is 1. The zero-order valence-electron chi connectivity index (χ0n) is 27.0. The van der Waals surface area contributed by atoms with E-state index in [-0.39, 0.29) is 24.5 Å². The van der Waals surface area contributed by atoms with E-state index in [1.807, 2.05) is 37.3 Å². The molecule has 5 rings (SSSR count). The predicted octanol–water partition coefficient (Wildman–Crippen LogP) is 6.20. The second-order valence-electron chi connectivity index (χ2n) is 11.4. The molecule has 0 fully saturated rings. The van der Waals surface area contributed by atoms with Crippen LogP contribution in [-0.2, 0) is 16.1 Å². The van der Waals surface area contributed by atoms with Crippen LogP contribution in [0.2, 0.25) is 0 Å². The normalized spacial score (nSPS) is 14.5. The van der Waals surface area contributed by atoms with Gasteiger partial charge in [-0.25, -0.2) is 9.79 Å². The molecule has 0 amide bonds. The molecule has 2 heterocycles. The summed E-state index contributed by atoms with van der Waals surface area (Å²) in [5.74, 6) is 0.808. The average molecular weight is 656 g/mol. The van der Waals surface area contributed by atoms with Crippen molar-refractivity contribution in [3.63, 3.8) is 0 Å². The number of non-ortho nitro benzene ring substituents is 1. The van der Waals surface area contributed by atoms with Gasteiger partial charge in [-0.15, -0.1) is 0 Å². The van der Waals surface area contributed by atoms with Gasteiger partial charge >= 0.3 is 5.97 Å². The van der Waals surface area contributed by atoms with Crippen molar-refractivity contribution in [3.05, 3.63) is 130 Å². The minimum atomic E-state index is -0.681. The van der Waals surface area contributed by atoms with E-state index < -0.39 is 16.9 Å². The van der Waals surface area contributed by atoms with Crippen molar-refractivity contribution < 1.29 is 23.9 Å². The van der Waals surface area contributed by atoms with E-state index >= 15 is 0 Å². The number of nitro groups is 1. The van der Waals surface area contributed by atoms with Gasteiger partial charge in [0.15, 0.2) is 16.3 Å². The Morgan fingerprint density at radius 1 is 1.06 bits per heavy atom. The van der Waals surface area contributed by atoms with Crippen molar-refractivity contribution in [3.8, 4) is 11.5 Å². The molecule has 0 bridgehead atoms. The molecule has 4 aromatic rings. The number of carbonyl (C=O) groups is 1. The summed E-state index contributed by atoms with van der Waals surface area (Å²) in [4.78, 5) is 43.4. The van der Waals surface area contributed by atoms with Crippen LogP contribution in [-0.4, -0.2) is 29.2 Å². The van der Waals surface area contributed by atoms with Gasteiger partial charge in [0.2, 0.25) is 0 Å². The van der Waals surface area contributed by atoms with E-state index in [1.165, 1.54) is 30.6 Å². The summed E-state index contributed by atoms with van der Waals surface area (Å²) in [6.07, 6.45) is 3.12. The van der Waals surface area contributed by atoms with E-state index in [2.05, 4.69) is 13.8 Å². The summed E-state index contributed by atoms with van der Waals surface area (Å²) in [7, 11) is 1.53. The first-order valence-electron chi connectivity index (χ1n) is 15.5. The second-order valence-corrected chi connectivity index (χ2v) is 12.4. The van der Waals surface area contributed by atoms with Gasteiger partial charge in [-0.3, -0.25) is 19.5 Å². The number of thiazole rings is 1. The van der Waals surface area contributed by atoms with E-state index in [1.54, 1.807) is 41.8 Å². The Balaban J connectivity index is 1.54. The third kappa shape index (κ3) is 7.20. The van der Waals surface area contributed by atoms with Crippen molar-refractivity contribution in [1.82, 2.24) is 4.57 Å². The van der Waals surface area contributed by atoms with E-state index in [0.717, 1.165) is 23.1 Å². The van der Waals surface area contributed by atoms with Crippen LogP contribution >= 0.6 is 11.3 Å². The average Bonchev–Trinajstić information content (AvgIpc) is 3.37. The molecule has 10 nitrogen and oxygen atoms in total. The first-order valence-corrected chi connectivity index (χ1v) is 16.3. The SMILES string of the molecule is CCCC1=C(C(=O)OCC)[C@@H](c2ccc(C(C)C)cc2)n2c(s/c(=C\c3ccc(OCc4ccc([N+](=O)[O-])cc4)c(OC)c3)c2=O)=N1. The summed E-state index contributed by atoms with van der Waals surface area (Å²) < 4.78 is 19.1. The number of methoxy groups -OCH3 is 1. The Morgan fingerprint density at radius 2 is 1.79 bits per heavy atom. The lowest BCUT2D eigenvalue weighted by molar-refractivity contribution is -0.384. The molecule has 0 unspecified atom stereocenters. The standard InChI is InChI=1S/C36H37N3O7S/c1-6-8-28-32(35(41)45-7-2)33(26-14-12-25(13-15-26)22(3)4)38-34(40)31(47-36(38)37-28)20-24-11-18-29(30(19-24)44-5)46-21-23-9-16-27(17-10-23)39(42)43/h9-20,22,33H,6-8,21H2,1-5H3/b31-20-/t33-/m1/s1. The molecule has 1 aliphatic rings. The smallest absolute Gasteiger partial charge is 0.338 e. The van der Waals surface area contributed by atoms with Gasteiger partial charge in [0, 0.05) is 12.1 Å². The van der Waals surface area contributed by atoms with E-state index in [9.17, 15) is 19.7 Å². The number of ether oxygens (including phenoxy) is 3. The van der Waals surface area contributed by atoms with Gasteiger partial charge in [-0.2, -0.15) is 0 Å². The minimum Gasteiger partial charge on any atom is -0.493 e. The number of aromatic nitrogens is 1. The zero-order valence-corrected chi connectivity index (χ0v) is 27.8. The number of rotatable bonds is 12. The van der Waals surface area contributed by atoms with Crippen LogP contribution in [0.3, 0.4) is 0 Å². The quantitative estimate of drug-likeness (QED) is 0.101. The summed E-state index contributed by atoms with van der Waals surface area (Å²) >= 11 is 1.27. The number of esters is 1. The topological polar surface area (TPSA) is 122 Å². The fourth-order valence-electron chi connectivity index (χ4n) is 5.42. The molecular weight excluding hydrogens is 618 g/mol. The lowest BCUT2D eigenvalue weighted by Crippen LogP contribution is -2.40. The van der Waals surface area contributed by atoms with Crippen LogP contribution in [0, 0.1) is 10.1 Å². The predicted molar refractivity (Wildman–Crippen MR) is 181 cm³/mol. The monoisotopic (exact) mass is 655 g/mol. The largest absolute Gasteiger partial charge is 0.493 e. The van der Waals surface area contributed by atoms with E-state index in [0.29, 0.717) is 50.0 Å². The molecule has 11 heteroatoms. The van der Waals surface area contributed by atoms with Crippen LogP contribution in [0.4, 0.5) is 5.69 Å². The third-order valence-electron chi connectivity index (χ3n) is 7.84. The molecule has 0 spiro atoms. The molecule has 0 saturated heterocycles. The Hall–Kier alpha value is -5.03. The van der Waals surface area contributed by atoms with Gasteiger partial charge in [-0.1, -0.05) is 68.9 Å². The van der Waals surface area contributed by atoms with Crippen LogP contribution < -0.4 is 24.4 Å². The van der Waals surface area contributed by atoms with Gasteiger partial charge < -0.3 is 14.2 Å². The summed E-state index contributed by atoms with van der Waals surface area (Å²) in [6.45, 7) is 8.43. The number of nitrogens with zero attached hydrogens (tertiary/aromatic N) is 3. The van der Waals surface area contributed by atoms with Gasteiger partial charge in [-0.05, 0) is 71.9 Å². The Labute approximate surface area is 276 Å². The number of benzene rings is 3. The number of nitro benzene ring substituents is 1. The van der Waals surface area contributed by atoms with Crippen molar-refractivity contribution in [2.75, 3.05) is 13.7 Å². The lowest BCUT2D eigenvalue weighted by Gasteiger charge is -2.26. The molecule has 0 aliphatic carbocycles. The maximum Gasteiger partial charge on any atom is 0.338 e. The summed E-state index contributed by atoms with van der Waals surface area (Å²) in [5, 5.41) is 10.9. The highest BCUT2D eigenvalue weighted by atomic mass is 32.1. The van der Waals surface area contributed by atoms with Crippen LogP contribution in [0.5, 0.6) is 11.5 Å². The highest BCUT2D eigenvalue weighted by Gasteiger charge is 2.34. The van der Waals surface area contributed by atoms with Crippen molar-refractivity contribution in [1.29, 1.82) is 0 Å². The molecular formula is C36H37N3O7S. The molecule has 0 radical (unpaired) electrons. The number of hydrogen-bond donors (Lipinski definition) is 0. The minimum absolute atomic E-state index is 0.00928. The fourth-order valence-corrected chi connectivity index (χ4v) is 6.44. The molecule has 1 aliphatic heterocycles. The van der Waals surface area contributed by atoms with Crippen LogP contribution in [0.25, 0.3) is 6.08 Å². The molecule has 3 aromatic carbocycles. The number of fused-ring (bicyclic) bond motifs is 1. The van der Waals surface area contributed by atoms with E-state index in [4.69, 9.17) is 19.2 Å². The molecule has 0 N–H and O–H groups in total. The highest BCUT2D eigenvalue weighted by Crippen LogP contribution is 2.34. The first kappa shape index (κ1) is 33.3. The maximum atomic E-state index is 14.1. The Morgan fingerprint density at radius 3 is 2.40 bits per heavy atom. The maximum absolute atomic E-state index is 14.1. The van der Waals surface area contributed by atoms with Crippen molar-refractivity contribution >= 4 is 29.1 Å². The molecule has 47 heavy (non-hydrogen) atoms. The highest BCUT2D eigenvalue weighted by molar-refractivity contribution is 7.07. The number of carbonyl (C=O) groups excluding carboxylic acids is 1. The number of hydrogen-bond acceptors (Lipinski definition) is 9. The van der Waals surface area contributed by atoms with Gasteiger partial charge in [0.1, 0.15) is 6.61 Å². The third-order valence-corrected chi connectivity index (χ3v) is 8.82. The summed E-state index contributed by atoms with van der Waals surface area (Å²) in [5.41, 5.74) is 4.22. The second kappa shape index (κ2) is 14.6. The zero-order chi connectivity index (χ0) is 33.7. The molecule has 1 aromatic heterocycles. The molecule has 1 atom stereocenters. The van der Waals surface area contributed by atoms with Crippen LogP contribution in [0.1, 0.15) is 74.8 Å². The Kier molecular flexibility index (Phi) is 10.4. The first-order chi connectivity index (χ1) is 22.6. The molecule has 0 saturated carbocycles. The van der Waals surface area contributed by atoms with Gasteiger partial charge in [0.05, 0.1) is 40.5 Å². The summed E-state index contributed by atoms with van der Waals surface area (Å²) in [6, 6.07) is 18.8. The lowest BCUT2D eigenvalue weighted by atomic mass is 9.92. The van der Waals surface area contributed by atoms with Crippen LogP contribution in [0.15, 0.2) is 87.8 Å². The Bertz CT molecular complexity index is 1990. The van der Waals surface area contributed by atoms with Crippen molar-refractivity contribution in [2.45, 2.75) is 59.1 Å². The van der Waals surface area contributed by atoms with Crippen molar-refractivity contribution in [2.24, 2.45) is 4.99 Å². The van der Waals surface area contributed by atoms with Gasteiger partial charge in [0.25, 0.3) is 11.2 Å².